The van der Waals surface area contributed by atoms with E-state index in [-0.39, 0.29) is 0 Å². The first-order valence-corrected chi connectivity index (χ1v) is 8.30. The monoisotopic (exact) mass is 353 g/mol. The number of H-pyrrole nitrogens is 1. The average Bonchev–Trinajstić information content (AvgIpc) is 3.29. The van der Waals surface area contributed by atoms with E-state index in [1.807, 2.05) is 35.4 Å². The highest BCUT2D eigenvalue weighted by Gasteiger charge is 2.33. The third-order valence-corrected chi connectivity index (χ3v) is 4.63. The van der Waals surface area contributed by atoms with E-state index in [4.69, 9.17) is 4.74 Å². The van der Waals surface area contributed by atoms with Crippen LogP contribution in [-0.4, -0.2) is 48.9 Å². The SMILES string of the molecule is COc1ccccc1-n1cc(CN2Cc3[nH]cnc3C[C@@H]2C(=O)O)cn1. The van der Waals surface area contributed by atoms with E-state index in [0.29, 0.717) is 19.5 Å². The van der Waals surface area contributed by atoms with Gasteiger partial charge in [-0.25, -0.2) is 9.67 Å². The Bertz CT molecular complexity index is 932. The highest BCUT2D eigenvalue weighted by atomic mass is 16.5. The second-order valence-electron chi connectivity index (χ2n) is 6.26. The van der Waals surface area contributed by atoms with Crippen molar-refractivity contribution in [2.24, 2.45) is 0 Å². The predicted octanol–water partition coefficient (Wildman–Crippen LogP) is 1.62. The second kappa shape index (κ2) is 6.64. The molecule has 1 aromatic carbocycles. The number of aliphatic carboxylic acids is 1. The number of aromatic nitrogens is 4. The second-order valence-corrected chi connectivity index (χ2v) is 6.26. The average molecular weight is 353 g/mol. The molecule has 8 heteroatoms. The molecule has 1 aliphatic heterocycles. The van der Waals surface area contributed by atoms with E-state index in [2.05, 4.69) is 15.1 Å². The number of aromatic amines is 1. The van der Waals surface area contributed by atoms with Crippen LogP contribution in [-0.2, 0) is 24.3 Å². The maximum Gasteiger partial charge on any atom is 0.321 e. The summed E-state index contributed by atoms with van der Waals surface area (Å²) in [5, 5.41) is 14.0. The Hall–Kier alpha value is -3.13. The minimum Gasteiger partial charge on any atom is -0.494 e. The normalized spacial score (nSPS) is 17.0. The van der Waals surface area contributed by atoms with Crippen LogP contribution in [0.3, 0.4) is 0 Å². The summed E-state index contributed by atoms with van der Waals surface area (Å²) in [5.74, 6) is -0.110. The van der Waals surface area contributed by atoms with Gasteiger partial charge in [-0.05, 0) is 12.1 Å². The number of carboxylic acids is 1. The third-order valence-electron chi connectivity index (χ3n) is 4.63. The summed E-state index contributed by atoms with van der Waals surface area (Å²) in [6.07, 6.45) is 5.68. The van der Waals surface area contributed by atoms with Crippen LogP contribution in [0.25, 0.3) is 5.69 Å². The van der Waals surface area contributed by atoms with Gasteiger partial charge in [0.2, 0.25) is 0 Å². The molecule has 26 heavy (non-hydrogen) atoms. The number of imidazole rings is 1. The van der Waals surface area contributed by atoms with Crippen molar-refractivity contribution < 1.29 is 14.6 Å². The van der Waals surface area contributed by atoms with Gasteiger partial charge in [-0.15, -0.1) is 0 Å². The molecule has 3 aromatic rings. The first kappa shape index (κ1) is 16.3. The number of benzene rings is 1. The molecule has 1 atom stereocenters. The summed E-state index contributed by atoms with van der Waals surface area (Å²) in [4.78, 5) is 20.9. The standard InChI is InChI=1S/C18H19N5O3/c1-26-17-5-3-2-4-15(17)23-9-12(7-21-23)8-22-10-14-13(19-11-20-14)6-16(22)18(24)25/h2-5,7,9,11,16H,6,8,10H2,1H3,(H,19,20)(H,24,25)/t16-/m1/s1. The lowest BCUT2D eigenvalue weighted by molar-refractivity contribution is -0.144. The van der Waals surface area contributed by atoms with Gasteiger partial charge in [-0.2, -0.15) is 5.10 Å². The summed E-state index contributed by atoms with van der Waals surface area (Å²) in [7, 11) is 1.62. The molecule has 3 heterocycles. The summed E-state index contributed by atoms with van der Waals surface area (Å²) in [5.41, 5.74) is 3.58. The molecule has 0 aliphatic carbocycles. The van der Waals surface area contributed by atoms with Crippen molar-refractivity contribution in [3.8, 4) is 11.4 Å². The first-order chi connectivity index (χ1) is 12.7. The number of carboxylic acid groups (broad SMARTS) is 1. The molecule has 0 saturated carbocycles. The van der Waals surface area contributed by atoms with Gasteiger partial charge in [0.25, 0.3) is 0 Å². The number of para-hydroxylation sites is 2. The number of hydrogen-bond donors (Lipinski definition) is 2. The number of fused-ring (bicyclic) bond motifs is 1. The van der Waals surface area contributed by atoms with E-state index in [9.17, 15) is 9.90 Å². The van der Waals surface area contributed by atoms with E-state index in [1.165, 1.54) is 0 Å². The number of nitrogens with zero attached hydrogens (tertiary/aromatic N) is 4. The lowest BCUT2D eigenvalue weighted by Gasteiger charge is -2.31. The first-order valence-electron chi connectivity index (χ1n) is 8.30. The van der Waals surface area contributed by atoms with Gasteiger partial charge in [0.1, 0.15) is 17.5 Å². The molecule has 0 fully saturated rings. The summed E-state index contributed by atoms with van der Waals surface area (Å²) in [6, 6.07) is 7.03. The topological polar surface area (TPSA) is 96.3 Å². The van der Waals surface area contributed by atoms with Crippen LogP contribution in [0, 0.1) is 0 Å². The zero-order valence-electron chi connectivity index (χ0n) is 14.3. The molecular weight excluding hydrogens is 334 g/mol. The Labute approximate surface area is 150 Å². The Kier molecular flexibility index (Phi) is 4.18. The van der Waals surface area contributed by atoms with E-state index >= 15 is 0 Å². The molecule has 2 N–H and O–H groups in total. The number of ether oxygens (including phenoxy) is 1. The van der Waals surface area contributed by atoms with Crippen LogP contribution >= 0.6 is 0 Å². The van der Waals surface area contributed by atoms with Gasteiger partial charge in [0, 0.05) is 31.3 Å². The van der Waals surface area contributed by atoms with Crippen molar-refractivity contribution >= 4 is 5.97 Å². The lowest BCUT2D eigenvalue weighted by Crippen LogP contribution is -2.45. The van der Waals surface area contributed by atoms with Gasteiger partial charge in [-0.3, -0.25) is 9.69 Å². The molecule has 0 radical (unpaired) electrons. The Morgan fingerprint density at radius 2 is 2.27 bits per heavy atom. The number of carbonyl (C=O) groups is 1. The number of rotatable bonds is 5. The van der Waals surface area contributed by atoms with Crippen LogP contribution in [0.2, 0.25) is 0 Å². The van der Waals surface area contributed by atoms with Gasteiger partial charge in [0.05, 0.1) is 31.0 Å². The van der Waals surface area contributed by atoms with E-state index in [1.54, 1.807) is 24.3 Å². The molecule has 4 rings (SSSR count). The van der Waals surface area contributed by atoms with Crippen LogP contribution in [0.1, 0.15) is 17.0 Å². The molecule has 8 nitrogen and oxygen atoms in total. The summed E-state index contributed by atoms with van der Waals surface area (Å²) in [6.45, 7) is 1.01. The fourth-order valence-corrected chi connectivity index (χ4v) is 3.32. The fraction of sp³-hybridized carbons (Fsp3) is 0.278. The zero-order chi connectivity index (χ0) is 18.1. The van der Waals surface area contributed by atoms with E-state index in [0.717, 1.165) is 28.4 Å². The highest BCUT2D eigenvalue weighted by molar-refractivity contribution is 5.74. The summed E-state index contributed by atoms with van der Waals surface area (Å²) < 4.78 is 7.12. The minimum atomic E-state index is -0.837. The largest absolute Gasteiger partial charge is 0.494 e. The molecule has 0 saturated heterocycles. The number of nitrogens with one attached hydrogen (secondary N) is 1. The van der Waals surface area contributed by atoms with Crippen LogP contribution in [0.15, 0.2) is 43.0 Å². The molecule has 1 aliphatic rings. The van der Waals surface area contributed by atoms with Crippen LogP contribution < -0.4 is 4.74 Å². The van der Waals surface area contributed by atoms with Gasteiger partial charge >= 0.3 is 5.97 Å². The molecule has 0 bridgehead atoms. The molecule has 0 spiro atoms. The summed E-state index contributed by atoms with van der Waals surface area (Å²) >= 11 is 0. The van der Waals surface area contributed by atoms with Gasteiger partial charge in [0.15, 0.2) is 0 Å². The van der Waals surface area contributed by atoms with Crippen molar-refractivity contribution in [2.45, 2.75) is 25.6 Å². The van der Waals surface area contributed by atoms with Crippen LogP contribution in [0.4, 0.5) is 0 Å². The Balaban J connectivity index is 1.58. The third kappa shape index (κ3) is 2.95. The molecule has 0 amide bonds. The molecule has 134 valence electrons. The van der Waals surface area contributed by atoms with Gasteiger partial charge in [-0.1, -0.05) is 12.1 Å². The van der Waals surface area contributed by atoms with Crippen molar-refractivity contribution in [3.05, 3.63) is 59.9 Å². The Morgan fingerprint density at radius 3 is 3.08 bits per heavy atom. The van der Waals surface area contributed by atoms with Crippen molar-refractivity contribution in [1.29, 1.82) is 0 Å². The quantitative estimate of drug-likeness (QED) is 0.723. The molecule has 2 aromatic heterocycles. The lowest BCUT2D eigenvalue weighted by atomic mass is 10.0. The Morgan fingerprint density at radius 1 is 1.42 bits per heavy atom. The fourth-order valence-electron chi connectivity index (χ4n) is 3.32. The minimum absolute atomic E-state index is 0.398. The maximum atomic E-state index is 11.7. The van der Waals surface area contributed by atoms with Crippen molar-refractivity contribution in [3.63, 3.8) is 0 Å². The van der Waals surface area contributed by atoms with Crippen molar-refractivity contribution in [1.82, 2.24) is 24.6 Å². The predicted molar refractivity (Wildman–Crippen MR) is 93.1 cm³/mol. The van der Waals surface area contributed by atoms with Gasteiger partial charge < -0.3 is 14.8 Å². The maximum absolute atomic E-state index is 11.7. The number of methoxy groups -OCH3 is 1. The van der Waals surface area contributed by atoms with Crippen LogP contribution in [0.5, 0.6) is 5.75 Å². The zero-order valence-corrected chi connectivity index (χ0v) is 14.3. The molecule has 0 unspecified atom stereocenters. The molecular formula is C18H19N5O3. The smallest absolute Gasteiger partial charge is 0.321 e. The van der Waals surface area contributed by atoms with E-state index < -0.39 is 12.0 Å². The highest BCUT2D eigenvalue weighted by Crippen LogP contribution is 2.25. The van der Waals surface area contributed by atoms with Crippen molar-refractivity contribution in [2.75, 3.05) is 7.11 Å². The number of hydrogen-bond acceptors (Lipinski definition) is 5.